The van der Waals surface area contributed by atoms with Crippen LogP contribution >= 0.6 is 0 Å². The summed E-state index contributed by atoms with van der Waals surface area (Å²) in [5.74, 6) is -0.358. The molecule has 1 heterocycles. The van der Waals surface area contributed by atoms with Gasteiger partial charge in [-0.25, -0.2) is 4.79 Å². The van der Waals surface area contributed by atoms with E-state index in [0.29, 0.717) is 5.56 Å². The number of aryl methyl sites for hydroxylation is 2. The van der Waals surface area contributed by atoms with Crippen molar-refractivity contribution in [3.63, 3.8) is 0 Å². The number of esters is 1. The third kappa shape index (κ3) is 3.45. The molecule has 2 aromatic carbocycles. The molecule has 0 unspecified atom stereocenters. The van der Waals surface area contributed by atoms with Crippen molar-refractivity contribution in [1.82, 2.24) is 4.57 Å². The SMILES string of the molecule is COC(=O)c1ccc(C)c(N=Cc2cc(C)n(-c3ccccc3)c2C)c1. The Balaban J connectivity index is 1.96. The topological polar surface area (TPSA) is 43.6 Å². The number of rotatable bonds is 4. The Bertz CT molecular complexity index is 969. The molecule has 0 bridgehead atoms. The van der Waals surface area contributed by atoms with Crippen LogP contribution in [0.1, 0.15) is 32.9 Å². The molecule has 3 aromatic rings. The highest BCUT2D eigenvalue weighted by Crippen LogP contribution is 2.23. The van der Waals surface area contributed by atoms with Crippen molar-refractivity contribution in [1.29, 1.82) is 0 Å². The molecule has 0 spiro atoms. The lowest BCUT2D eigenvalue weighted by atomic mass is 10.1. The minimum atomic E-state index is -0.358. The monoisotopic (exact) mass is 346 g/mol. The van der Waals surface area contributed by atoms with E-state index in [9.17, 15) is 4.79 Å². The molecule has 1 aromatic heterocycles. The zero-order valence-corrected chi connectivity index (χ0v) is 15.5. The minimum absolute atomic E-state index is 0.358. The van der Waals surface area contributed by atoms with Crippen LogP contribution in [0.3, 0.4) is 0 Å². The summed E-state index contributed by atoms with van der Waals surface area (Å²) in [5.41, 5.74) is 6.72. The molecule has 0 atom stereocenters. The molecule has 26 heavy (non-hydrogen) atoms. The summed E-state index contributed by atoms with van der Waals surface area (Å²) in [5, 5.41) is 0. The summed E-state index contributed by atoms with van der Waals surface area (Å²) in [6.45, 7) is 6.14. The van der Waals surface area contributed by atoms with Crippen LogP contribution in [0.2, 0.25) is 0 Å². The average molecular weight is 346 g/mol. The molecule has 0 amide bonds. The number of carbonyl (C=O) groups excluding carboxylic acids is 1. The molecule has 4 nitrogen and oxygen atoms in total. The van der Waals surface area contributed by atoms with Crippen molar-refractivity contribution < 1.29 is 9.53 Å². The summed E-state index contributed by atoms with van der Waals surface area (Å²) in [4.78, 5) is 16.3. The first-order valence-corrected chi connectivity index (χ1v) is 8.48. The summed E-state index contributed by atoms with van der Waals surface area (Å²) < 4.78 is 6.99. The van der Waals surface area contributed by atoms with Crippen molar-refractivity contribution in [3.8, 4) is 5.69 Å². The van der Waals surface area contributed by atoms with Gasteiger partial charge in [-0.15, -0.1) is 0 Å². The van der Waals surface area contributed by atoms with Crippen molar-refractivity contribution >= 4 is 17.9 Å². The summed E-state index contributed by atoms with van der Waals surface area (Å²) in [6.07, 6.45) is 1.85. The highest BCUT2D eigenvalue weighted by atomic mass is 16.5. The number of hydrogen-bond acceptors (Lipinski definition) is 3. The first kappa shape index (κ1) is 17.7. The van der Waals surface area contributed by atoms with Crippen LogP contribution in [0.15, 0.2) is 59.6 Å². The van der Waals surface area contributed by atoms with Gasteiger partial charge in [-0.3, -0.25) is 4.99 Å². The van der Waals surface area contributed by atoms with Crippen LogP contribution in [-0.4, -0.2) is 23.9 Å². The van der Waals surface area contributed by atoms with E-state index in [1.807, 2.05) is 37.4 Å². The van der Waals surface area contributed by atoms with Crippen molar-refractivity contribution in [2.45, 2.75) is 20.8 Å². The number of hydrogen-bond donors (Lipinski definition) is 0. The maximum Gasteiger partial charge on any atom is 0.337 e. The van der Waals surface area contributed by atoms with Crippen molar-refractivity contribution in [2.24, 2.45) is 4.99 Å². The van der Waals surface area contributed by atoms with Gasteiger partial charge in [0, 0.05) is 28.9 Å². The number of para-hydroxylation sites is 1. The predicted octanol–water partition coefficient (Wildman–Crippen LogP) is 4.94. The van der Waals surface area contributed by atoms with Crippen LogP contribution in [0.4, 0.5) is 5.69 Å². The Morgan fingerprint density at radius 3 is 2.46 bits per heavy atom. The Morgan fingerprint density at radius 2 is 1.77 bits per heavy atom. The van der Waals surface area contributed by atoms with E-state index in [1.54, 1.807) is 12.1 Å². The fraction of sp³-hybridized carbons (Fsp3) is 0.182. The second-order valence-electron chi connectivity index (χ2n) is 6.25. The molecule has 0 N–H and O–H groups in total. The van der Waals surface area contributed by atoms with Crippen LogP contribution < -0.4 is 0 Å². The van der Waals surface area contributed by atoms with E-state index < -0.39 is 0 Å². The van der Waals surface area contributed by atoms with E-state index >= 15 is 0 Å². The number of benzene rings is 2. The van der Waals surface area contributed by atoms with Gasteiger partial charge in [-0.05, 0) is 56.7 Å². The number of aromatic nitrogens is 1. The van der Waals surface area contributed by atoms with Gasteiger partial charge in [-0.2, -0.15) is 0 Å². The maximum absolute atomic E-state index is 11.7. The predicted molar refractivity (Wildman–Crippen MR) is 105 cm³/mol. The van der Waals surface area contributed by atoms with Gasteiger partial charge >= 0.3 is 5.97 Å². The van der Waals surface area contributed by atoms with E-state index in [-0.39, 0.29) is 5.97 Å². The molecule has 132 valence electrons. The summed E-state index contributed by atoms with van der Waals surface area (Å²) in [6, 6.07) is 17.8. The average Bonchev–Trinajstić information content (AvgIpc) is 2.94. The Hall–Kier alpha value is -3.14. The number of nitrogens with zero attached hydrogens (tertiary/aromatic N) is 2. The molecule has 3 rings (SSSR count). The molecule has 0 saturated heterocycles. The second-order valence-corrected chi connectivity index (χ2v) is 6.25. The highest BCUT2D eigenvalue weighted by Gasteiger charge is 2.10. The third-order valence-electron chi connectivity index (χ3n) is 4.46. The van der Waals surface area contributed by atoms with Crippen LogP contribution in [0.5, 0.6) is 0 Å². The van der Waals surface area contributed by atoms with Gasteiger partial charge in [0.1, 0.15) is 0 Å². The molecule has 0 radical (unpaired) electrons. The van der Waals surface area contributed by atoms with Crippen LogP contribution in [0.25, 0.3) is 5.69 Å². The van der Waals surface area contributed by atoms with Gasteiger partial charge in [0.2, 0.25) is 0 Å². The fourth-order valence-corrected chi connectivity index (χ4v) is 3.03. The van der Waals surface area contributed by atoms with Crippen molar-refractivity contribution in [3.05, 3.63) is 82.7 Å². The van der Waals surface area contributed by atoms with Gasteiger partial charge in [0.05, 0.1) is 18.4 Å². The molecular weight excluding hydrogens is 324 g/mol. The van der Waals surface area contributed by atoms with Gasteiger partial charge < -0.3 is 9.30 Å². The summed E-state index contributed by atoms with van der Waals surface area (Å²) in [7, 11) is 1.38. The second kappa shape index (κ2) is 7.40. The van der Waals surface area contributed by atoms with Gasteiger partial charge in [-0.1, -0.05) is 24.3 Å². The fourth-order valence-electron chi connectivity index (χ4n) is 3.03. The van der Waals surface area contributed by atoms with E-state index in [0.717, 1.165) is 33.9 Å². The molecule has 4 heteroatoms. The lowest BCUT2D eigenvalue weighted by Gasteiger charge is -2.09. The smallest absolute Gasteiger partial charge is 0.337 e. The van der Waals surface area contributed by atoms with Crippen LogP contribution in [0, 0.1) is 20.8 Å². The number of methoxy groups -OCH3 is 1. The molecule has 0 aliphatic rings. The molecule has 0 fully saturated rings. The maximum atomic E-state index is 11.7. The molecule has 0 aliphatic carbocycles. The highest BCUT2D eigenvalue weighted by molar-refractivity contribution is 5.91. The quantitative estimate of drug-likeness (QED) is 0.496. The number of carbonyl (C=O) groups is 1. The molecule has 0 saturated carbocycles. The normalized spacial score (nSPS) is 11.1. The lowest BCUT2D eigenvalue weighted by Crippen LogP contribution is -2.00. The Labute approximate surface area is 153 Å². The molecular formula is C22H22N2O2. The first-order valence-electron chi connectivity index (χ1n) is 8.48. The summed E-state index contributed by atoms with van der Waals surface area (Å²) >= 11 is 0. The largest absolute Gasteiger partial charge is 0.465 e. The van der Waals surface area contributed by atoms with Crippen molar-refractivity contribution in [2.75, 3.05) is 7.11 Å². The lowest BCUT2D eigenvalue weighted by molar-refractivity contribution is 0.0601. The number of ether oxygens (including phenoxy) is 1. The first-order chi connectivity index (χ1) is 12.5. The molecule has 0 aliphatic heterocycles. The van der Waals surface area contributed by atoms with E-state index in [2.05, 4.69) is 41.6 Å². The van der Waals surface area contributed by atoms with Crippen LogP contribution in [-0.2, 0) is 4.74 Å². The minimum Gasteiger partial charge on any atom is -0.465 e. The van der Waals surface area contributed by atoms with E-state index in [1.165, 1.54) is 7.11 Å². The van der Waals surface area contributed by atoms with E-state index in [4.69, 9.17) is 4.74 Å². The zero-order chi connectivity index (χ0) is 18.7. The van der Waals surface area contributed by atoms with Gasteiger partial charge in [0.25, 0.3) is 0 Å². The van der Waals surface area contributed by atoms with Gasteiger partial charge in [0.15, 0.2) is 0 Å². The standard InChI is InChI=1S/C22H22N2O2/c1-15-10-11-18(22(25)26-4)13-21(15)23-14-19-12-16(2)24(17(19)3)20-8-6-5-7-9-20/h5-14H,1-4H3. The Kier molecular flexibility index (Phi) is 5.03. The Morgan fingerprint density at radius 1 is 1.04 bits per heavy atom. The third-order valence-corrected chi connectivity index (χ3v) is 4.46. The zero-order valence-electron chi connectivity index (χ0n) is 15.5. The number of aliphatic imine (C=N–C) groups is 1.